The van der Waals surface area contributed by atoms with Gasteiger partial charge in [0, 0.05) is 0 Å². The maximum Gasteiger partial charge on any atom is 0.126 e. The van der Waals surface area contributed by atoms with Crippen molar-refractivity contribution in [1.82, 2.24) is 0 Å². The van der Waals surface area contributed by atoms with Gasteiger partial charge in [-0.25, -0.2) is 0 Å². The number of ketones is 3. The molecule has 0 radical (unpaired) electrons. The van der Waals surface area contributed by atoms with E-state index >= 15 is 0 Å². The second-order valence-electron chi connectivity index (χ2n) is 2.72. The van der Waals surface area contributed by atoms with E-state index in [1.54, 1.807) is 0 Å². The molecule has 0 aromatic heterocycles. The summed E-state index contributed by atoms with van der Waals surface area (Å²) in [5.41, 5.74) is 0. The molecule has 5 heteroatoms. The molecule has 86 valence electrons. The van der Waals surface area contributed by atoms with Gasteiger partial charge in [-0.15, -0.1) is 0 Å². The zero-order valence-corrected chi connectivity index (χ0v) is 9.62. The molecule has 14 heavy (non-hydrogen) atoms. The molecule has 0 spiro atoms. The van der Waals surface area contributed by atoms with Crippen LogP contribution in [0.2, 0.25) is 0 Å². The van der Waals surface area contributed by atoms with Gasteiger partial charge in [0.1, 0.15) is 17.3 Å². The molecule has 0 aliphatic rings. The lowest BCUT2D eigenvalue weighted by Crippen LogP contribution is -1.69. The van der Waals surface area contributed by atoms with Gasteiger partial charge >= 0.3 is 0 Å². The standard InChI is InChI=1S/3C3H6O.H2O2/c3*1-3(2)4;1-2/h3*1-2H3;1-2H. The first-order chi connectivity index (χ1) is 6.20. The molecule has 0 aliphatic carbocycles. The number of hydrogen-bond acceptors (Lipinski definition) is 5. The van der Waals surface area contributed by atoms with Gasteiger partial charge in [0.15, 0.2) is 0 Å². The van der Waals surface area contributed by atoms with Crippen LogP contribution < -0.4 is 0 Å². The van der Waals surface area contributed by atoms with E-state index in [-0.39, 0.29) is 17.3 Å². The first kappa shape index (κ1) is 23.1. The Morgan fingerprint density at radius 2 is 0.571 bits per heavy atom. The molecule has 0 amide bonds. The van der Waals surface area contributed by atoms with Crippen LogP contribution in [0.1, 0.15) is 41.5 Å². The largest absolute Gasteiger partial charge is 0.300 e. The highest BCUT2D eigenvalue weighted by Gasteiger charge is 1.63. The average Bonchev–Trinajstić information content (AvgIpc) is 1.86. The summed E-state index contributed by atoms with van der Waals surface area (Å²) in [6.45, 7) is 9.17. The molecule has 0 saturated carbocycles. The molecule has 0 unspecified atom stereocenters. The SMILES string of the molecule is CC(C)=O.CC(C)=O.CC(C)=O.OO. The molecule has 2 N–H and O–H groups in total. The van der Waals surface area contributed by atoms with Crippen molar-refractivity contribution in [3.8, 4) is 0 Å². The quantitative estimate of drug-likeness (QED) is 0.468. The lowest BCUT2D eigenvalue weighted by atomic mass is 10.6. The van der Waals surface area contributed by atoms with Crippen LogP contribution in [0.4, 0.5) is 0 Å². The second-order valence-corrected chi connectivity index (χ2v) is 2.72. The zero-order valence-electron chi connectivity index (χ0n) is 9.62. The van der Waals surface area contributed by atoms with Crippen LogP contribution in [0.3, 0.4) is 0 Å². The minimum Gasteiger partial charge on any atom is -0.300 e. The molecule has 0 rings (SSSR count). The topological polar surface area (TPSA) is 91.7 Å². The minimum atomic E-state index is 0.167. The highest BCUT2D eigenvalue weighted by atomic mass is 17.0. The zero-order chi connectivity index (χ0) is 12.7. The number of carbonyl (C=O) groups is 3. The molecule has 0 bridgehead atoms. The van der Waals surface area contributed by atoms with Crippen molar-refractivity contribution in [3.63, 3.8) is 0 Å². The molecule has 0 atom stereocenters. The fraction of sp³-hybridized carbons (Fsp3) is 0.667. The third-order valence-corrected chi connectivity index (χ3v) is 0. The lowest BCUT2D eigenvalue weighted by Gasteiger charge is -1.56. The Labute approximate surface area is 84.7 Å². The second kappa shape index (κ2) is 22.7. The summed E-state index contributed by atoms with van der Waals surface area (Å²) in [5.74, 6) is 0.500. The van der Waals surface area contributed by atoms with Crippen molar-refractivity contribution in [2.45, 2.75) is 41.5 Å². The molecule has 0 fully saturated rings. The average molecular weight is 208 g/mol. The van der Waals surface area contributed by atoms with Crippen LogP contribution in [0.5, 0.6) is 0 Å². The summed E-state index contributed by atoms with van der Waals surface area (Å²) in [4.78, 5) is 28.3. The summed E-state index contributed by atoms with van der Waals surface area (Å²) in [6.07, 6.45) is 0. The Morgan fingerprint density at radius 3 is 0.571 bits per heavy atom. The van der Waals surface area contributed by atoms with Crippen LogP contribution in [0.15, 0.2) is 0 Å². The van der Waals surface area contributed by atoms with E-state index in [2.05, 4.69) is 0 Å². The Bertz CT molecular complexity index is 111. The van der Waals surface area contributed by atoms with E-state index in [0.29, 0.717) is 0 Å². The highest BCUT2D eigenvalue weighted by molar-refractivity contribution is 5.72. The van der Waals surface area contributed by atoms with E-state index in [1.807, 2.05) is 0 Å². The van der Waals surface area contributed by atoms with Crippen molar-refractivity contribution >= 4 is 17.3 Å². The normalized spacial score (nSPS) is 6.00. The van der Waals surface area contributed by atoms with Gasteiger partial charge in [0.2, 0.25) is 0 Å². The molecule has 0 aromatic rings. The number of carbonyl (C=O) groups excluding carboxylic acids is 3. The summed E-state index contributed by atoms with van der Waals surface area (Å²) >= 11 is 0. The predicted octanol–water partition coefficient (Wildman–Crippen LogP) is 1.80. The van der Waals surface area contributed by atoms with Gasteiger partial charge in [-0.2, -0.15) is 0 Å². The number of Topliss-reactive ketones (excluding diaryl/α,β-unsaturated/α-hetero) is 3. The van der Waals surface area contributed by atoms with E-state index in [9.17, 15) is 14.4 Å². The lowest BCUT2D eigenvalue weighted by molar-refractivity contribution is -0.176. The van der Waals surface area contributed by atoms with Gasteiger partial charge in [-0.1, -0.05) is 0 Å². The van der Waals surface area contributed by atoms with Crippen molar-refractivity contribution in [2.24, 2.45) is 0 Å². The molecule has 0 aliphatic heterocycles. The highest BCUT2D eigenvalue weighted by Crippen LogP contribution is 1.51. The maximum atomic E-state index is 9.44. The third-order valence-electron chi connectivity index (χ3n) is 0. The minimum absolute atomic E-state index is 0.167. The van der Waals surface area contributed by atoms with Crippen LogP contribution in [-0.2, 0) is 14.4 Å². The summed E-state index contributed by atoms with van der Waals surface area (Å²) in [7, 11) is 0. The maximum absolute atomic E-state index is 9.44. The number of hydrogen-bond donors (Lipinski definition) is 2. The predicted molar refractivity (Wildman–Crippen MR) is 54.3 cm³/mol. The molecule has 0 aromatic carbocycles. The molecular formula is C9H20O5. The first-order valence-corrected chi connectivity index (χ1v) is 3.81. The fourth-order valence-corrected chi connectivity index (χ4v) is 0. The van der Waals surface area contributed by atoms with Crippen LogP contribution >= 0.6 is 0 Å². The van der Waals surface area contributed by atoms with E-state index in [0.717, 1.165) is 0 Å². The van der Waals surface area contributed by atoms with E-state index in [1.165, 1.54) is 41.5 Å². The Kier molecular flexibility index (Phi) is 37.4. The first-order valence-electron chi connectivity index (χ1n) is 3.81. The van der Waals surface area contributed by atoms with Crippen LogP contribution in [0.25, 0.3) is 0 Å². The Morgan fingerprint density at radius 1 is 0.571 bits per heavy atom. The summed E-state index contributed by atoms with van der Waals surface area (Å²) in [5, 5.41) is 12.0. The molecule has 5 nitrogen and oxygen atoms in total. The van der Waals surface area contributed by atoms with E-state index in [4.69, 9.17) is 10.5 Å². The van der Waals surface area contributed by atoms with Crippen molar-refractivity contribution in [2.75, 3.05) is 0 Å². The third kappa shape index (κ3) is 941. The fourth-order valence-electron chi connectivity index (χ4n) is 0. The molecular weight excluding hydrogens is 188 g/mol. The number of rotatable bonds is 0. The van der Waals surface area contributed by atoms with Crippen molar-refractivity contribution < 1.29 is 24.9 Å². The molecule has 0 saturated heterocycles. The van der Waals surface area contributed by atoms with Gasteiger partial charge in [-0.05, 0) is 41.5 Å². The smallest absolute Gasteiger partial charge is 0.126 e. The van der Waals surface area contributed by atoms with Gasteiger partial charge < -0.3 is 14.4 Å². The van der Waals surface area contributed by atoms with Gasteiger partial charge in [0.05, 0.1) is 0 Å². The molecule has 0 heterocycles. The van der Waals surface area contributed by atoms with Crippen molar-refractivity contribution in [3.05, 3.63) is 0 Å². The van der Waals surface area contributed by atoms with Gasteiger partial charge in [-0.3, -0.25) is 10.5 Å². The Balaban J connectivity index is -0.0000000492. The van der Waals surface area contributed by atoms with E-state index < -0.39 is 0 Å². The summed E-state index contributed by atoms with van der Waals surface area (Å²) in [6, 6.07) is 0. The van der Waals surface area contributed by atoms with Gasteiger partial charge in [0.25, 0.3) is 0 Å². The Hall–Kier alpha value is -1.07. The summed E-state index contributed by atoms with van der Waals surface area (Å²) < 4.78 is 0. The van der Waals surface area contributed by atoms with Crippen LogP contribution in [-0.4, -0.2) is 27.9 Å². The monoisotopic (exact) mass is 208 g/mol. The van der Waals surface area contributed by atoms with Crippen LogP contribution in [0, 0.1) is 0 Å². The van der Waals surface area contributed by atoms with Crippen molar-refractivity contribution in [1.29, 1.82) is 0 Å².